The van der Waals surface area contributed by atoms with E-state index in [1.165, 1.54) is 24.1 Å². The molecule has 1 aliphatic rings. The van der Waals surface area contributed by atoms with Crippen LogP contribution in [0.25, 0.3) is 10.3 Å². The van der Waals surface area contributed by atoms with Crippen LogP contribution in [0.3, 0.4) is 0 Å². The van der Waals surface area contributed by atoms with Crippen LogP contribution in [0, 0.1) is 13.8 Å². The molecule has 3 aromatic heterocycles. The van der Waals surface area contributed by atoms with Crippen LogP contribution in [0.15, 0.2) is 18.6 Å². The molecule has 0 saturated carbocycles. The highest BCUT2D eigenvalue weighted by Gasteiger charge is 2.23. The van der Waals surface area contributed by atoms with Gasteiger partial charge >= 0.3 is 0 Å². The van der Waals surface area contributed by atoms with Crippen LogP contribution in [0.1, 0.15) is 40.3 Å². The first-order chi connectivity index (χ1) is 12.6. The fraction of sp³-hybridized carbons (Fsp3) is 0.389. The van der Waals surface area contributed by atoms with E-state index in [9.17, 15) is 4.79 Å². The van der Waals surface area contributed by atoms with Crippen LogP contribution in [-0.2, 0) is 0 Å². The maximum absolute atomic E-state index is 12.7. The second-order valence-electron chi connectivity index (χ2n) is 6.50. The molecule has 0 spiro atoms. The summed E-state index contributed by atoms with van der Waals surface area (Å²) in [7, 11) is 0. The van der Waals surface area contributed by atoms with E-state index in [4.69, 9.17) is 0 Å². The Balaban J connectivity index is 1.64. The van der Waals surface area contributed by atoms with E-state index in [2.05, 4.69) is 25.3 Å². The lowest BCUT2D eigenvalue weighted by Crippen LogP contribution is -2.35. The molecule has 7 nitrogen and oxygen atoms in total. The van der Waals surface area contributed by atoms with Crippen molar-refractivity contribution in [2.45, 2.75) is 33.1 Å². The Hall–Kier alpha value is -2.61. The van der Waals surface area contributed by atoms with E-state index in [1.54, 1.807) is 6.20 Å². The number of piperidine rings is 1. The molecule has 8 heteroatoms. The summed E-state index contributed by atoms with van der Waals surface area (Å²) in [4.78, 5) is 32.8. The SMILES string of the molecule is Cc1cc(Nc2ncnc3sc(C(=O)N4CCCCC4)nc23)cnc1C. The normalized spacial score (nSPS) is 14.6. The Morgan fingerprint density at radius 3 is 2.73 bits per heavy atom. The maximum Gasteiger partial charge on any atom is 0.282 e. The van der Waals surface area contributed by atoms with E-state index in [-0.39, 0.29) is 5.91 Å². The molecule has 0 atom stereocenters. The third kappa shape index (κ3) is 3.24. The van der Waals surface area contributed by atoms with E-state index in [0.29, 0.717) is 21.2 Å². The molecule has 26 heavy (non-hydrogen) atoms. The molecule has 0 unspecified atom stereocenters. The predicted molar refractivity (Wildman–Crippen MR) is 102 cm³/mol. The number of pyridine rings is 1. The van der Waals surface area contributed by atoms with Gasteiger partial charge in [0, 0.05) is 18.8 Å². The lowest BCUT2D eigenvalue weighted by Gasteiger charge is -2.25. The van der Waals surface area contributed by atoms with E-state index < -0.39 is 0 Å². The van der Waals surface area contributed by atoms with Gasteiger partial charge in [0.1, 0.15) is 16.7 Å². The number of aromatic nitrogens is 4. The lowest BCUT2D eigenvalue weighted by atomic mass is 10.1. The van der Waals surface area contributed by atoms with Crippen molar-refractivity contribution in [2.24, 2.45) is 0 Å². The number of nitrogens with zero attached hydrogens (tertiary/aromatic N) is 5. The van der Waals surface area contributed by atoms with Gasteiger partial charge in [0.2, 0.25) is 0 Å². The van der Waals surface area contributed by atoms with E-state index in [0.717, 1.165) is 42.9 Å². The molecule has 0 aliphatic carbocycles. The van der Waals surface area contributed by atoms with Crippen LogP contribution in [0.2, 0.25) is 0 Å². The van der Waals surface area contributed by atoms with Crippen molar-refractivity contribution in [1.82, 2.24) is 24.8 Å². The molecule has 4 heterocycles. The summed E-state index contributed by atoms with van der Waals surface area (Å²) in [5, 5.41) is 3.73. The van der Waals surface area contributed by atoms with Gasteiger partial charge in [0.05, 0.1) is 11.9 Å². The summed E-state index contributed by atoms with van der Waals surface area (Å²) < 4.78 is 0. The third-order valence-corrected chi connectivity index (χ3v) is 5.58. The average molecular weight is 368 g/mol. The minimum atomic E-state index is -0.00787. The number of aryl methyl sites for hydroxylation is 2. The number of amides is 1. The fourth-order valence-corrected chi connectivity index (χ4v) is 3.89. The van der Waals surface area contributed by atoms with Crippen molar-refractivity contribution in [1.29, 1.82) is 0 Å². The topological polar surface area (TPSA) is 83.9 Å². The number of carbonyl (C=O) groups excluding carboxylic acids is 1. The first kappa shape index (κ1) is 16.8. The highest BCUT2D eigenvalue weighted by atomic mass is 32.1. The van der Waals surface area contributed by atoms with Crippen molar-refractivity contribution in [3.8, 4) is 0 Å². The molecule has 1 N–H and O–H groups in total. The number of rotatable bonds is 3. The Kier molecular flexibility index (Phi) is 4.50. The molecule has 4 rings (SSSR count). The monoisotopic (exact) mass is 368 g/mol. The van der Waals surface area contributed by atoms with Crippen LogP contribution in [0.4, 0.5) is 11.5 Å². The summed E-state index contributed by atoms with van der Waals surface area (Å²) in [6.45, 7) is 5.60. The van der Waals surface area contributed by atoms with Gasteiger partial charge in [-0.3, -0.25) is 9.78 Å². The third-order valence-electron chi connectivity index (χ3n) is 4.62. The van der Waals surface area contributed by atoms with Crippen molar-refractivity contribution < 1.29 is 4.79 Å². The summed E-state index contributed by atoms with van der Waals surface area (Å²) >= 11 is 1.32. The Bertz CT molecular complexity index is 963. The number of hydrogen-bond donors (Lipinski definition) is 1. The van der Waals surface area contributed by atoms with E-state index in [1.807, 2.05) is 24.8 Å². The van der Waals surface area contributed by atoms with Crippen molar-refractivity contribution in [3.05, 3.63) is 34.9 Å². The number of hydrogen-bond acceptors (Lipinski definition) is 7. The maximum atomic E-state index is 12.7. The minimum absolute atomic E-state index is 0.00787. The molecular formula is C18H20N6OS. The standard InChI is InChI=1S/C18H20N6OS/c1-11-8-13(9-19-12(11)2)22-15-14-16(21-10-20-15)26-17(23-14)18(25)24-6-4-3-5-7-24/h8-10H,3-7H2,1-2H3,(H,20,21,22). The number of thiazole rings is 1. The largest absolute Gasteiger partial charge is 0.337 e. The zero-order valence-electron chi connectivity index (χ0n) is 14.8. The molecule has 1 amide bonds. The molecule has 0 bridgehead atoms. The van der Waals surface area contributed by atoms with Gasteiger partial charge in [-0.1, -0.05) is 11.3 Å². The zero-order valence-corrected chi connectivity index (χ0v) is 15.6. The van der Waals surface area contributed by atoms with Crippen molar-refractivity contribution >= 4 is 39.1 Å². The van der Waals surface area contributed by atoms with Crippen LogP contribution in [-0.4, -0.2) is 43.8 Å². The first-order valence-corrected chi connectivity index (χ1v) is 9.54. The average Bonchev–Trinajstić information content (AvgIpc) is 3.10. The molecule has 0 aromatic carbocycles. The molecule has 134 valence electrons. The number of nitrogens with one attached hydrogen (secondary N) is 1. The fourth-order valence-electron chi connectivity index (χ4n) is 3.02. The molecule has 1 aliphatic heterocycles. The first-order valence-electron chi connectivity index (χ1n) is 8.73. The van der Waals surface area contributed by atoms with Gasteiger partial charge in [-0.05, 0) is 44.7 Å². The summed E-state index contributed by atoms with van der Waals surface area (Å²) in [5.41, 5.74) is 3.55. The number of carbonyl (C=O) groups is 1. The number of likely N-dealkylation sites (tertiary alicyclic amines) is 1. The molecule has 1 saturated heterocycles. The molecule has 1 fully saturated rings. The molecule has 3 aromatic rings. The Labute approximate surface area is 155 Å². The predicted octanol–water partition coefficient (Wildman–Crippen LogP) is 3.47. The summed E-state index contributed by atoms with van der Waals surface area (Å²) in [6, 6.07) is 2.02. The van der Waals surface area contributed by atoms with Crippen LogP contribution >= 0.6 is 11.3 Å². The van der Waals surface area contributed by atoms with Gasteiger partial charge < -0.3 is 10.2 Å². The van der Waals surface area contributed by atoms with E-state index >= 15 is 0 Å². The van der Waals surface area contributed by atoms with Gasteiger partial charge in [-0.2, -0.15) is 0 Å². The van der Waals surface area contributed by atoms with Gasteiger partial charge in [0.25, 0.3) is 5.91 Å². The van der Waals surface area contributed by atoms with Crippen LogP contribution in [0.5, 0.6) is 0 Å². The zero-order chi connectivity index (χ0) is 18.1. The van der Waals surface area contributed by atoms with Gasteiger partial charge in [-0.15, -0.1) is 0 Å². The highest BCUT2D eigenvalue weighted by Crippen LogP contribution is 2.28. The minimum Gasteiger partial charge on any atom is -0.337 e. The van der Waals surface area contributed by atoms with Crippen molar-refractivity contribution in [2.75, 3.05) is 18.4 Å². The summed E-state index contributed by atoms with van der Waals surface area (Å²) in [5.74, 6) is 0.584. The smallest absolute Gasteiger partial charge is 0.282 e. The second-order valence-corrected chi connectivity index (χ2v) is 7.48. The Morgan fingerprint density at radius 1 is 1.15 bits per heavy atom. The molecule has 0 radical (unpaired) electrons. The number of fused-ring (bicyclic) bond motifs is 1. The molecular weight excluding hydrogens is 348 g/mol. The summed E-state index contributed by atoms with van der Waals surface area (Å²) in [6.07, 6.45) is 6.56. The second kappa shape index (κ2) is 6.95. The quantitative estimate of drug-likeness (QED) is 0.762. The Morgan fingerprint density at radius 2 is 1.96 bits per heavy atom. The number of anilines is 2. The highest BCUT2D eigenvalue weighted by molar-refractivity contribution is 7.19. The van der Waals surface area contributed by atoms with Gasteiger partial charge in [-0.25, -0.2) is 15.0 Å². The van der Waals surface area contributed by atoms with Crippen LogP contribution < -0.4 is 5.32 Å². The van der Waals surface area contributed by atoms with Gasteiger partial charge in [0.15, 0.2) is 10.8 Å². The lowest BCUT2D eigenvalue weighted by molar-refractivity contribution is 0.0724. The van der Waals surface area contributed by atoms with Crippen molar-refractivity contribution in [3.63, 3.8) is 0 Å².